The fourth-order valence-corrected chi connectivity index (χ4v) is 6.38. The summed E-state index contributed by atoms with van der Waals surface area (Å²) in [5, 5.41) is 27.0. The summed E-state index contributed by atoms with van der Waals surface area (Å²) < 4.78 is 5.64. The number of rotatable bonds is 7. The van der Waals surface area contributed by atoms with Gasteiger partial charge in [0.1, 0.15) is 17.7 Å². The van der Waals surface area contributed by atoms with Crippen LogP contribution in [0.4, 0.5) is 23.1 Å². The second-order valence-corrected chi connectivity index (χ2v) is 11.4. The Morgan fingerprint density at radius 3 is 2.66 bits per heavy atom. The molecule has 1 aromatic heterocycles. The lowest BCUT2D eigenvalue weighted by molar-refractivity contribution is -0.122. The van der Waals surface area contributed by atoms with Gasteiger partial charge in [-0.1, -0.05) is 18.9 Å². The quantitative estimate of drug-likeness (QED) is 0.406. The van der Waals surface area contributed by atoms with Crippen molar-refractivity contribution in [3.05, 3.63) is 30.0 Å². The molecule has 1 spiro atoms. The average Bonchev–Trinajstić information content (AvgIpc) is 3.30. The number of ether oxygens (including phenoxy) is 1. The first-order chi connectivity index (χ1) is 18.4. The summed E-state index contributed by atoms with van der Waals surface area (Å²) in [5.74, 6) is 1.97. The first-order valence-electron chi connectivity index (χ1n) is 13.9. The normalized spacial score (nSPS) is 25.4. The number of anilines is 4. The minimum absolute atomic E-state index is 0.0828. The molecule has 1 aliphatic heterocycles. The van der Waals surface area contributed by atoms with Gasteiger partial charge < -0.3 is 30.1 Å². The van der Waals surface area contributed by atoms with Gasteiger partial charge in [0.15, 0.2) is 5.82 Å². The van der Waals surface area contributed by atoms with Crippen LogP contribution in [0.3, 0.4) is 0 Å². The zero-order valence-electron chi connectivity index (χ0n) is 22.2. The summed E-state index contributed by atoms with van der Waals surface area (Å²) in [4.78, 5) is 26.9. The van der Waals surface area contributed by atoms with E-state index in [4.69, 9.17) is 9.72 Å². The van der Waals surface area contributed by atoms with Crippen LogP contribution in [0.5, 0.6) is 5.75 Å². The fraction of sp³-hybridized carbons (Fsp3) is 0.607. The molecule has 0 bridgehead atoms. The molecule has 3 atom stereocenters. The van der Waals surface area contributed by atoms with Crippen molar-refractivity contribution in [1.82, 2.24) is 15.3 Å². The lowest BCUT2D eigenvalue weighted by Crippen LogP contribution is -2.41. The number of aromatic nitrogens is 2. The highest BCUT2D eigenvalue weighted by molar-refractivity contribution is 6.02. The predicted molar refractivity (Wildman–Crippen MR) is 145 cm³/mol. The Hall–Kier alpha value is -2.95. The maximum absolute atomic E-state index is 13.3. The van der Waals surface area contributed by atoms with E-state index in [2.05, 4.69) is 20.5 Å². The SMILES string of the molecule is COc1cc(C(O)N[C@@H]2CC[C@@H](O)C2)ccc1Nc1ncc2c(n1)N(C1CCCC1)CC1(CC1)C(=O)N2C. The van der Waals surface area contributed by atoms with Crippen LogP contribution in [0.1, 0.15) is 69.6 Å². The van der Waals surface area contributed by atoms with Crippen LogP contribution >= 0.6 is 0 Å². The molecule has 1 amide bonds. The molecular formula is C28H38N6O4. The van der Waals surface area contributed by atoms with E-state index >= 15 is 0 Å². The highest BCUT2D eigenvalue weighted by Gasteiger charge is 2.55. The molecule has 1 unspecified atom stereocenters. The number of benzene rings is 1. The summed E-state index contributed by atoms with van der Waals surface area (Å²) in [5.41, 5.74) is 1.82. The number of nitrogens with one attached hydrogen (secondary N) is 2. The van der Waals surface area contributed by atoms with E-state index in [1.165, 1.54) is 12.8 Å². The number of carbonyl (C=O) groups is 1. The van der Waals surface area contributed by atoms with Crippen LogP contribution in [0.2, 0.25) is 0 Å². The third-order valence-corrected chi connectivity index (χ3v) is 8.82. The fourth-order valence-electron chi connectivity index (χ4n) is 6.38. The molecule has 3 aliphatic carbocycles. The molecule has 10 heteroatoms. The molecule has 6 rings (SSSR count). The molecule has 1 aromatic carbocycles. The smallest absolute Gasteiger partial charge is 0.234 e. The van der Waals surface area contributed by atoms with Crippen molar-refractivity contribution in [3.63, 3.8) is 0 Å². The van der Waals surface area contributed by atoms with E-state index in [0.717, 1.165) is 50.0 Å². The molecular weight excluding hydrogens is 484 g/mol. The minimum Gasteiger partial charge on any atom is -0.495 e. The number of fused-ring (bicyclic) bond motifs is 1. The second-order valence-electron chi connectivity index (χ2n) is 11.4. The number of nitrogens with zero attached hydrogens (tertiary/aromatic N) is 4. The molecule has 4 N–H and O–H groups in total. The van der Waals surface area contributed by atoms with Crippen LogP contribution in [0.15, 0.2) is 24.4 Å². The summed E-state index contributed by atoms with van der Waals surface area (Å²) in [7, 11) is 3.43. The van der Waals surface area contributed by atoms with E-state index in [-0.39, 0.29) is 23.5 Å². The largest absolute Gasteiger partial charge is 0.495 e. The molecule has 3 saturated carbocycles. The van der Waals surface area contributed by atoms with Crippen LogP contribution in [-0.2, 0) is 4.79 Å². The Bertz CT molecular complexity index is 1200. The molecule has 10 nitrogen and oxygen atoms in total. The van der Waals surface area contributed by atoms with Gasteiger partial charge in [0.2, 0.25) is 11.9 Å². The topological polar surface area (TPSA) is 123 Å². The molecule has 0 saturated heterocycles. The number of amides is 1. The van der Waals surface area contributed by atoms with Crippen LogP contribution in [-0.4, -0.2) is 65.0 Å². The highest BCUT2D eigenvalue weighted by atomic mass is 16.5. The number of hydrogen-bond donors (Lipinski definition) is 4. The Morgan fingerprint density at radius 2 is 1.97 bits per heavy atom. The van der Waals surface area contributed by atoms with Gasteiger partial charge in [-0.25, -0.2) is 4.98 Å². The van der Waals surface area contributed by atoms with Gasteiger partial charge in [0.25, 0.3) is 0 Å². The first kappa shape index (κ1) is 25.3. The minimum atomic E-state index is -0.861. The third-order valence-electron chi connectivity index (χ3n) is 8.82. The lowest BCUT2D eigenvalue weighted by atomic mass is 10.0. The Kier molecular flexibility index (Phi) is 6.65. The number of aliphatic hydroxyl groups is 2. The summed E-state index contributed by atoms with van der Waals surface area (Å²) in [6.45, 7) is 0.714. The molecule has 4 aliphatic rings. The van der Waals surface area contributed by atoms with Gasteiger partial charge in [0, 0.05) is 25.7 Å². The van der Waals surface area contributed by atoms with E-state index in [1.807, 2.05) is 19.2 Å². The lowest BCUT2D eigenvalue weighted by Gasteiger charge is -2.31. The molecule has 38 heavy (non-hydrogen) atoms. The molecule has 204 valence electrons. The zero-order chi connectivity index (χ0) is 26.4. The van der Waals surface area contributed by atoms with Gasteiger partial charge in [0.05, 0.1) is 30.5 Å². The predicted octanol–water partition coefficient (Wildman–Crippen LogP) is 3.23. The summed E-state index contributed by atoms with van der Waals surface area (Å²) in [6.07, 6.45) is 9.31. The Balaban J connectivity index is 1.26. The zero-order valence-corrected chi connectivity index (χ0v) is 22.2. The van der Waals surface area contributed by atoms with Crippen LogP contribution in [0, 0.1) is 5.41 Å². The van der Waals surface area contributed by atoms with E-state index in [9.17, 15) is 15.0 Å². The first-order valence-corrected chi connectivity index (χ1v) is 13.9. The summed E-state index contributed by atoms with van der Waals surface area (Å²) >= 11 is 0. The number of methoxy groups -OCH3 is 1. The highest BCUT2D eigenvalue weighted by Crippen LogP contribution is 2.52. The van der Waals surface area contributed by atoms with Crippen molar-refractivity contribution in [3.8, 4) is 5.75 Å². The number of hydrogen-bond acceptors (Lipinski definition) is 9. The third kappa shape index (κ3) is 4.69. The van der Waals surface area contributed by atoms with Gasteiger partial charge >= 0.3 is 0 Å². The number of carbonyl (C=O) groups excluding carboxylic acids is 1. The van der Waals surface area contributed by atoms with E-state index in [1.54, 1.807) is 24.3 Å². The van der Waals surface area contributed by atoms with Gasteiger partial charge in [-0.3, -0.25) is 10.1 Å². The Labute approximate surface area is 223 Å². The van der Waals surface area contributed by atoms with Crippen molar-refractivity contribution in [1.29, 1.82) is 0 Å². The Morgan fingerprint density at radius 1 is 1.18 bits per heavy atom. The van der Waals surface area contributed by atoms with E-state index in [0.29, 0.717) is 42.0 Å². The van der Waals surface area contributed by atoms with Gasteiger partial charge in [-0.05, 0) is 62.6 Å². The second kappa shape index (κ2) is 9.98. The van der Waals surface area contributed by atoms with Crippen LogP contribution < -0.4 is 25.2 Å². The number of aliphatic hydroxyl groups excluding tert-OH is 2. The molecule has 3 fully saturated rings. The average molecular weight is 523 g/mol. The maximum Gasteiger partial charge on any atom is 0.234 e. The molecule has 2 heterocycles. The molecule has 0 radical (unpaired) electrons. The van der Waals surface area contributed by atoms with Crippen molar-refractivity contribution < 1.29 is 19.7 Å². The van der Waals surface area contributed by atoms with Gasteiger partial charge in [-0.2, -0.15) is 4.98 Å². The van der Waals surface area contributed by atoms with Gasteiger partial charge in [-0.15, -0.1) is 0 Å². The van der Waals surface area contributed by atoms with Crippen molar-refractivity contribution in [2.75, 3.05) is 35.8 Å². The van der Waals surface area contributed by atoms with Crippen LogP contribution in [0.25, 0.3) is 0 Å². The standard InChI is InChI=1S/C28H38N6O4/c1-33-22-15-29-27(32-24(22)34(19-5-3-4-6-19)16-28(11-12-28)26(33)37)31-21-10-7-17(13-23(21)38-2)25(36)30-18-8-9-20(35)14-18/h7,10,13,15,18-20,25,30,35-36H,3-6,8-9,11-12,14,16H2,1-2H3,(H,29,31,32)/t18-,20-,25?/m1/s1. The maximum atomic E-state index is 13.3. The van der Waals surface area contributed by atoms with Crippen molar-refractivity contribution >= 4 is 29.0 Å². The van der Waals surface area contributed by atoms with Crippen molar-refractivity contribution in [2.24, 2.45) is 5.41 Å². The monoisotopic (exact) mass is 522 g/mol. The van der Waals surface area contributed by atoms with Crippen molar-refractivity contribution in [2.45, 2.75) is 82.2 Å². The molecule has 2 aromatic rings. The van der Waals surface area contributed by atoms with E-state index < -0.39 is 6.23 Å². The summed E-state index contributed by atoms with van der Waals surface area (Å²) in [6, 6.07) is 5.95.